The minimum Gasteiger partial charge on any atom is -0.359 e. The quantitative estimate of drug-likeness (QED) is 0.723. The van der Waals surface area contributed by atoms with Crippen LogP contribution < -0.4 is 4.90 Å². The van der Waals surface area contributed by atoms with Gasteiger partial charge in [0.1, 0.15) is 0 Å². The summed E-state index contributed by atoms with van der Waals surface area (Å²) < 4.78 is 2.18. The van der Waals surface area contributed by atoms with Crippen LogP contribution in [0.4, 0.5) is 5.69 Å². The van der Waals surface area contributed by atoms with E-state index >= 15 is 0 Å². The lowest BCUT2D eigenvalue weighted by Gasteiger charge is -2.39. The van der Waals surface area contributed by atoms with E-state index < -0.39 is 0 Å². The molecule has 15 heavy (non-hydrogen) atoms. The van der Waals surface area contributed by atoms with Gasteiger partial charge in [0.05, 0.1) is 52.2 Å². The highest BCUT2D eigenvalue weighted by Gasteiger charge is 2.24. The smallest absolute Gasteiger partial charge is 0.0961 e. The molecule has 1 aliphatic rings. The lowest BCUT2D eigenvalue weighted by Crippen LogP contribution is -2.54. The fourth-order valence-electron chi connectivity index (χ4n) is 1.84. The zero-order chi connectivity index (χ0) is 10.9. The zero-order valence-electron chi connectivity index (χ0n) is 9.28. The highest BCUT2D eigenvalue weighted by molar-refractivity contribution is 9.10. The van der Waals surface area contributed by atoms with Crippen molar-refractivity contribution in [2.24, 2.45) is 0 Å². The Bertz CT molecular complexity index is 341. The molecule has 0 aromatic carbocycles. The molecule has 0 N–H and O–H groups in total. The van der Waals surface area contributed by atoms with Gasteiger partial charge < -0.3 is 9.38 Å². The number of halogens is 1. The summed E-state index contributed by atoms with van der Waals surface area (Å²) in [6.07, 6.45) is 3.77. The van der Waals surface area contributed by atoms with Gasteiger partial charge in [-0.15, -0.1) is 0 Å². The number of quaternary nitrogens is 1. The summed E-state index contributed by atoms with van der Waals surface area (Å²) in [6, 6.07) is 2.14. The molecule has 3 nitrogen and oxygen atoms in total. The van der Waals surface area contributed by atoms with E-state index in [1.54, 1.807) is 0 Å². The summed E-state index contributed by atoms with van der Waals surface area (Å²) >= 11 is 3.46. The highest BCUT2D eigenvalue weighted by Crippen LogP contribution is 2.20. The third-order valence-corrected chi connectivity index (χ3v) is 3.44. The third-order valence-electron chi connectivity index (χ3n) is 3.01. The molecule has 0 aliphatic carbocycles. The Morgan fingerprint density at radius 2 is 1.93 bits per heavy atom. The molecule has 1 saturated heterocycles. The van der Waals surface area contributed by atoms with Gasteiger partial charge in [-0.1, -0.05) is 0 Å². The van der Waals surface area contributed by atoms with E-state index in [0.29, 0.717) is 0 Å². The summed E-state index contributed by atoms with van der Waals surface area (Å²) in [5.41, 5.74) is 1.23. The van der Waals surface area contributed by atoms with E-state index in [-0.39, 0.29) is 0 Å². The molecule has 0 radical (unpaired) electrons. The van der Waals surface area contributed by atoms with Crippen LogP contribution in [0, 0.1) is 0 Å². The van der Waals surface area contributed by atoms with Crippen molar-refractivity contribution in [2.45, 2.75) is 0 Å². The largest absolute Gasteiger partial charge is 0.359 e. The normalized spacial score (nSPS) is 20.3. The Balaban J connectivity index is 2.08. The molecular formula is C11H17BrN3+. The van der Waals surface area contributed by atoms with Gasteiger partial charge in [0.15, 0.2) is 0 Å². The number of nitrogens with zero attached hydrogens (tertiary/aromatic N) is 3. The average molecular weight is 271 g/mol. The monoisotopic (exact) mass is 270 g/mol. The van der Waals surface area contributed by atoms with Crippen molar-refractivity contribution in [1.29, 1.82) is 0 Å². The topological polar surface area (TPSA) is 16.1 Å². The van der Waals surface area contributed by atoms with Crippen LogP contribution in [0.15, 0.2) is 22.9 Å². The molecule has 1 fully saturated rings. The summed E-state index contributed by atoms with van der Waals surface area (Å²) in [5, 5.41) is 0. The molecule has 2 heterocycles. The number of hydrogen-bond donors (Lipinski definition) is 0. The van der Waals surface area contributed by atoms with Gasteiger partial charge in [0.2, 0.25) is 0 Å². The number of hydrogen-bond acceptors (Lipinski definition) is 2. The molecular weight excluding hydrogens is 254 g/mol. The van der Waals surface area contributed by atoms with E-state index in [4.69, 9.17) is 0 Å². The molecule has 0 unspecified atom stereocenters. The Morgan fingerprint density at radius 3 is 2.53 bits per heavy atom. The maximum atomic E-state index is 4.20. The molecule has 0 amide bonds. The molecule has 4 heteroatoms. The van der Waals surface area contributed by atoms with Gasteiger partial charge in [-0.05, 0) is 22.0 Å². The SMILES string of the molecule is C[N+]1(C)CCN(c2cncc(Br)c2)CC1. The van der Waals surface area contributed by atoms with Crippen LogP contribution in [-0.2, 0) is 0 Å². The molecule has 82 valence electrons. The van der Waals surface area contributed by atoms with Crippen molar-refractivity contribution in [3.63, 3.8) is 0 Å². The highest BCUT2D eigenvalue weighted by atomic mass is 79.9. The minimum absolute atomic E-state index is 1.05. The zero-order valence-corrected chi connectivity index (χ0v) is 10.9. The first kappa shape index (κ1) is 10.9. The van der Waals surface area contributed by atoms with Crippen LogP contribution in [-0.4, -0.2) is 49.7 Å². The van der Waals surface area contributed by atoms with Crippen LogP contribution in [0.25, 0.3) is 0 Å². The maximum absolute atomic E-state index is 4.20. The second-order valence-electron chi connectivity index (χ2n) is 4.73. The van der Waals surface area contributed by atoms with Crippen molar-refractivity contribution >= 4 is 21.6 Å². The van der Waals surface area contributed by atoms with Crippen molar-refractivity contribution in [1.82, 2.24) is 4.98 Å². The Kier molecular flexibility index (Phi) is 2.98. The van der Waals surface area contributed by atoms with E-state index in [1.165, 1.54) is 18.8 Å². The predicted octanol–water partition coefficient (Wildman–Crippen LogP) is 1.74. The Morgan fingerprint density at radius 1 is 1.27 bits per heavy atom. The number of anilines is 1. The molecule has 0 spiro atoms. The summed E-state index contributed by atoms with van der Waals surface area (Å²) in [5.74, 6) is 0. The minimum atomic E-state index is 1.05. The van der Waals surface area contributed by atoms with Crippen LogP contribution in [0.5, 0.6) is 0 Å². The average Bonchev–Trinajstić information content (AvgIpc) is 2.17. The number of piperazine rings is 1. The lowest BCUT2D eigenvalue weighted by atomic mass is 10.2. The van der Waals surface area contributed by atoms with Crippen LogP contribution in [0.1, 0.15) is 0 Å². The van der Waals surface area contributed by atoms with Gasteiger partial charge in [-0.25, -0.2) is 0 Å². The first-order valence-electron chi connectivity index (χ1n) is 5.24. The molecule has 1 aromatic rings. The van der Waals surface area contributed by atoms with E-state index in [2.05, 4.69) is 46.0 Å². The molecule has 2 rings (SSSR count). The Hall–Kier alpha value is -0.610. The second-order valence-corrected chi connectivity index (χ2v) is 5.65. The summed E-state index contributed by atoms with van der Waals surface area (Å²) in [4.78, 5) is 6.61. The fourth-order valence-corrected chi connectivity index (χ4v) is 2.19. The van der Waals surface area contributed by atoms with Gasteiger partial charge in [0, 0.05) is 10.7 Å². The van der Waals surface area contributed by atoms with Gasteiger partial charge in [0.25, 0.3) is 0 Å². The third kappa shape index (κ3) is 2.69. The molecule has 1 aliphatic heterocycles. The molecule has 0 bridgehead atoms. The van der Waals surface area contributed by atoms with Crippen molar-refractivity contribution in [3.8, 4) is 0 Å². The van der Waals surface area contributed by atoms with Crippen molar-refractivity contribution in [2.75, 3.05) is 45.2 Å². The van der Waals surface area contributed by atoms with Gasteiger partial charge in [-0.2, -0.15) is 0 Å². The van der Waals surface area contributed by atoms with Crippen LogP contribution in [0.2, 0.25) is 0 Å². The van der Waals surface area contributed by atoms with E-state index in [0.717, 1.165) is 22.0 Å². The molecule has 0 saturated carbocycles. The summed E-state index contributed by atoms with van der Waals surface area (Å²) in [7, 11) is 4.58. The first-order valence-corrected chi connectivity index (χ1v) is 6.04. The standard InChI is InChI=1S/C11H17BrN3/c1-15(2)5-3-14(4-6-15)11-7-10(12)8-13-9-11/h7-9H,3-6H2,1-2H3/q+1. The maximum Gasteiger partial charge on any atom is 0.0961 e. The number of rotatable bonds is 1. The number of likely N-dealkylation sites (N-methyl/N-ethyl adjacent to an activating group) is 1. The van der Waals surface area contributed by atoms with Crippen molar-refractivity contribution in [3.05, 3.63) is 22.9 Å². The van der Waals surface area contributed by atoms with Gasteiger partial charge >= 0.3 is 0 Å². The fraction of sp³-hybridized carbons (Fsp3) is 0.545. The Labute approximate surface area is 99.4 Å². The second kappa shape index (κ2) is 4.10. The summed E-state index contributed by atoms with van der Waals surface area (Å²) in [6.45, 7) is 4.63. The van der Waals surface area contributed by atoms with E-state index in [9.17, 15) is 0 Å². The number of pyridine rings is 1. The van der Waals surface area contributed by atoms with Gasteiger partial charge in [-0.3, -0.25) is 4.98 Å². The molecule has 1 aromatic heterocycles. The predicted molar refractivity (Wildman–Crippen MR) is 66.0 cm³/mol. The molecule has 0 atom stereocenters. The van der Waals surface area contributed by atoms with Crippen LogP contribution in [0.3, 0.4) is 0 Å². The lowest BCUT2D eigenvalue weighted by molar-refractivity contribution is -0.890. The van der Waals surface area contributed by atoms with Crippen LogP contribution >= 0.6 is 15.9 Å². The first-order chi connectivity index (χ1) is 7.07. The number of aromatic nitrogens is 1. The van der Waals surface area contributed by atoms with Crippen molar-refractivity contribution < 1.29 is 4.48 Å². The van der Waals surface area contributed by atoms with E-state index in [1.807, 2.05) is 12.4 Å².